The Morgan fingerprint density at radius 1 is 1.21 bits per heavy atom. The van der Waals surface area contributed by atoms with Gasteiger partial charge in [-0.05, 0) is 18.2 Å². The molecule has 0 heterocycles. The molecule has 0 atom stereocenters. The van der Waals surface area contributed by atoms with Crippen LogP contribution in [-0.4, -0.2) is 19.0 Å². The third-order valence-corrected chi connectivity index (χ3v) is 2.30. The summed E-state index contributed by atoms with van der Waals surface area (Å²) in [6.45, 7) is -1.70. The molecular formula is C11H10F5N3. The molecule has 0 aliphatic carbocycles. The summed E-state index contributed by atoms with van der Waals surface area (Å²) in [5.41, 5.74) is 3.08. The van der Waals surface area contributed by atoms with E-state index in [-0.39, 0.29) is 5.69 Å². The summed E-state index contributed by atoms with van der Waals surface area (Å²) in [5, 5.41) is 10.9. The number of nitriles is 1. The maximum absolute atomic E-state index is 12.9. The molecule has 0 radical (unpaired) electrons. The van der Waals surface area contributed by atoms with Crippen LogP contribution in [0.3, 0.4) is 0 Å². The summed E-state index contributed by atoms with van der Waals surface area (Å²) < 4.78 is 63.2. The summed E-state index contributed by atoms with van der Waals surface area (Å²) in [5.74, 6) is -3.17. The number of nitrogens with two attached hydrogens (primary N) is 1. The molecule has 0 amide bonds. The molecule has 1 aromatic rings. The second-order valence-electron chi connectivity index (χ2n) is 3.78. The standard InChI is InChI=1S/C11H10F5N3/c12-10(13,5-18)6-19-8-1-2-9(11(14,15)16)7(3-8)4-17/h1-3,19H,5-6,18H2. The lowest BCUT2D eigenvalue weighted by molar-refractivity contribution is -0.137. The lowest BCUT2D eigenvalue weighted by Gasteiger charge is -2.16. The predicted octanol–water partition coefficient (Wildman–Crippen LogP) is 2.58. The van der Waals surface area contributed by atoms with Crippen molar-refractivity contribution < 1.29 is 22.0 Å². The second kappa shape index (κ2) is 5.40. The SMILES string of the molecule is N#Cc1cc(NCC(F)(F)CN)ccc1C(F)(F)F. The van der Waals surface area contributed by atoms with Crippen LogP contribution in [-0.2, 0) is 6.18 Å². The number of nitrogens with one attached hydrogen (secondary N) is 1. The Morgan fingerprint density at radius 2 is 1.84 bits per heavy atom. The van der Waals surface area contributed by atoms with Crippen LogP contribution in [0, 0.1) is 11.3 Å². The Hall–Kier alpha value is -1.88. The first-order valence-corrected chi connectivity index (χ1v) is 5.13. The fourth-order valence-corrected chi connectivity index (χ4v) is 1.30. The largest absolute Gasteiger partial charge is 0.417 e. The van der Waals surface area contributed by atoms with E-state index in [1.165, 1.54) is 6.07 Å². The molecule has 0 aromatic heterocycles. The van der Waals surface area contributed by atoms with Crippen LogP contribution in [0.15, 0.2) is 18.2 Å². The van der Waals surface area contributed by atoms with Gasteiger partial charge >= 0.3 is 6.18 Å². The number of rotatable bonds is 4. The molecule has 0 saturated heterocycles. The Labute approximate surface area is 105 Å². The van der Waals surface area contributed by atoms with Gasteiger partial charge in [0.25, 0.3) is 5.92 Å². The molecule has 0 bridgehead atoms. The first-order chi connectivity index (χ1) is 8.69. The van der Waals surface area contributed by atoms with Crippen molar-refractivity contribution in [1.29, 1.82) is 5.26 Å². The Kier molecular flexibility index (Phi) is 4.32. The maximum atomic E-state index is 12.9. The van der Waals surface area contributed by atoms with Crippen LogP contribution in [0.2, 0.25) is 0 Å². The molecule has 0 unspecified atom stereocenters. The molecule has 0 saturated carbocycles. The maximum Gasteiger partial charge on any atom is 0.417 e. The number of alkyl halides is 5. The van der Waals surface area contributed by atoms with Gasteiger partial charge in [0.2, 0.25) is 0 Å². The number of anilines is 1. The van der Waals surface area contributed by atoms with Crippen molar-refractivity contribution in [3.05, 3.63) is 29.3 Å². The summed E-state index contributed by atoms with van der Waals surface area (Å²) in [6, 6.07) is 3.90. The van der Waals surface area contributed by atoms with E-state index in [9.17, 15) is 22.0 Å². The van der Waals surface area contributed by atoms with Gasteiger partial charge < -0.3 is 11.1 Å². The number of halogens is 5. The quantitative estimate of drug-likeness (QED) is 0.833. The van der Waals surface area contributed by atoms with Gasteiger partial charge in [-0.25, -0.2) is 8.78 Å². The highest BCUT2D eigenvalue weighted by molar-refractivity contribution is 5.53. The highest BCUT2D eigenvalue weighted by atomic mass is 19.4. The average molecular weight is 279 g/mol. The van der Waals surface area contributed by atoms with E-state index in [0.717, 1.165) is 12.1 Å². The van der Waals surface area contributed by atoms with Gasteiger partial charge in [-0.15, -0.1) is 0 Å². The van der Waals surface area contributed by atoms with Gasteiger partial charge in [-0.1, -0.05) is 0 Å². The topological polar surface area (TPSA) is 61.8 Å². The van der Waals surface area contributed by atoms with Crippen molar-refractivity contribution in [3.8, 4) is 6.07 Å². The van der Waals surface area contributed by atoms with Crippen molar-refractivity contribution in [1.82, 2.24) is 0 Å². The minimum atomic E-state index is -4.66. The Bertz CT molecular complexity index is 490. The highest BCUT2D eigenvalue weighted by Crippen LogP contribution is 2.33. The number of hydrogen-bond acceptors (Lipinski definition) is 3. The summed E-state index contributed by atoms with van der Waals surface area (Å²) in [6.07, 6.45) is -4.66. The fraction of sp³-hybridized carbons (Fsp3) is 0.364. The molecule has 8 heteroatoms. The lowest BCUT2D eigenvalue weighted by atomic mass is 10.1. The lowest BCUT2D eigenvalue weighted by Crippen LogP contribution is -2.35. The monoisotopic (exact) mass is 279 g/mol. The first-order valence-electron chi connectivity index (χ1n) is 5.13. The minimum Gasteiger partial charge on any atom is -0.379 e. The molecule has 1 aromatic carbocycles. The fourth-order valence-electron chi connectivity index (χ4n) is 1.30. The van der Waals surface area contributed by atoms with Crippen LogP contribution in [0.25, 0.3) is 0 Å². The van der Waals surface area contributed by atoms with Crippen LogP contribution in [0.1, 0.15) is 11.1 Å². The molecular weight excluding hydrogens is 269 g/mol. The van der Waals surface area contributed by atoms with Crippen LogP contribution in [0.4, 0.5) is 27.6 Å². The zero-order chi connectivity index (χ0) is 14.7. The van der Waals surface area contributed by atoms with Crippen molar-refractivity contribution in [3.63, 3.8) is 0 Å². The van der Waals surface area contributed by atoms with E-state index < -0.39 is 36.3 Å². The van der Waals surface area contributed by atoms with Crippen molar-refractivity contribution >= 4 is 5.69 Å². The average Bonchev–Trinajstić information content (AvgIpc) is 2.35. The van der Waals surface area contributed by atoms with Gasteiger partial charge in [0.1, 0.15) is 0 Å². The van der Waals surface area contributed by atoms with Crippen molar-refractivity contribution in [2.75, 3.05) is 18.4 Å². The van der Waals surface area contributed by atoms with E-state index in [0.29, 0.717) is 6.07 Å². The van der Waals surface area contributed by atoms with Crippen molar-refractivity contribution in [2.24, 2.45) is 5.73 Å². The van der Waals surface area contributed by atoms with Crippen LogP contribution in [0.5, 0.6) is 0 Å². The van der Waals surface area contributed by atoms with E-state index in [4.69, 9.17) is 11.0 Å². The Morgan fingerprint density at radius 3 is 2.32 bits per heavy atom. The molecule has 3 N–H and O–H groups in total. The molecule has 3 nitrogen and oxygen atoms in total. The third-order valence-electron chi connectivity index (χ3n) is 2.30. The highest BCUT2D eigenvalue weighted by Gasteiger charge is 2.33. The molecule has 0 aliphatic rings. The molecule has 0 fully saturated rings. The van der Waals surface area contributed by atoms with Crippen LogP contribution >= 0.6 is 0 Å². The van der Waals surface area contributed by atoms with Gasteiger partial charge in [0, 0.05) is 5.69 Å². The zero-order valence-electron chi connectivity index (χ0n) is 9.56. The van der Waals surface area contributed by atoms with E-state index in [1.54, 1.807) is 0 Å². The summed E-state index contributed by atoms with van der Waals surface area (Å²) >= 11 is 0. The van der Waals surface area contributed by atoms with Crippen molar-refractivity contribution in [2.45, 2.75) is 12.1 Å². The second-order valence-corrected chi connectivity index (χ2v) is 3.78. The molecule has 0 aliphatic heterocycles. The predicted molar refractivity (Wildman–Crippen MR) is 58.7 cm³/mol. The number of hydrogen-bond donors (Lipinski definition) is 2. The van der Waals surface area contributed by atoms with E-state index in [1.807, 2.05) is 0 Å². The summed E-state index contributed by atoms with van der Waals surface area (Å²) in [7, 11) is 0. The molecule has 0 spiro atoms. The molecule has 19 heavy (non-hydrogen) atoms. The van der Waals surface area contributed by atoms with Gasteiger partial charge in [0.15, 0.2) is 0 Å². The Balaban J connectivity index is 2.93. The third kappa shape index (κ3) is 4.06. The minimum absolute atomic E-state index is 0.00215. The van der Waals surface area contributed by atoms with E-state index in [2.05, 4.69) is 5.32 Å². The molecule has 104 valence electrons. The number of nitrogens with zero attached hydrogens (tertiary/aromatic N) is 1. The zero-order valence-corrected chi connectivity index (χ0v) is 9.56. The first kappa shape index (κ1) is 15.2. The van der Waals surface area contributed by atoms with E-state index >= 15 is 0 Å². The van der Waals surface area contributed by atoms with Gasteiger partial charge in [0.05, 0.1) is 30.3 Å². The summed E-state index contributed by atoms with van der Waals surface area (Å²) in [4.78, 5) is 0. The number of benzene rings is 1. The molecule has 1 rings (SSSR count). The smallest absolute Gasteiger partial charge is 0.379 e. The van der Waals surface area contributed by atoms with Crippen LogP contribution < -0.4 is 11.1 Å². The van der Waals surface area contributed by atoms with Gasteiger partial charge in [-0.2, -0.15) is 18.4 Å². The normalized spacial score (nSPS) is 12.1. The van der Waals surface area contributed by atoms with Gasteiger partial charge in [-0.3, -0.25) is 0 Å².